The van der Waals surface area contributed by atoms with Gasteiger partial charge in [0.15, 0.2) is 0 Å². The molecule has 0 spiro atoms. The SMILES string of the molecule is CC(N)(C#N)CCCCOc1cc(F)cc(F)c1. The van der Waals surface area contributed by atoms with Crippen LogP contribution in [0.2, 0.25) is 0 Å². The molecule has 0 saturated heterocycles. The van der Waals surface area contributed by atoms with Gasteiger partial charge in [-0.15, -0.1) is 0 Å². The molecule has 0 aromatic heterocycles. The van der Waals surface area contributed by atoms with E-state index in [9.17, 15) is 8.78 Å². The smallest absolute Gasteiger partial charge is 0.129 e. The van der Waals surface area contributed by atoms with E-state index in [1.165, 1.54) is 0 Å². The maximum atomic E-state index is 12.8. The summed E-state index contributed by atoms with van der Waals surface area (Å²) in [5.74, 6) is -1.16. The summed E-state index contributed by atoms with van der Waals surface area (Å²) in [7, 11) is 0. The van der Waals surface area contributed by atoms with Gasteiger partial charge in [-0.1, -0.05) is 0 Å². The number of nitriles is 1. The first kappa shape index (κ1) is 14.4. The summed E-state index contributed by atoms with van der Waals surface area (Å²) in [5.41, 5.74) is 4.82. The van der Waals surface area contributed by atoms with Crippen LogP contribution in [0.1, 0.15) is 26.2 Å². The second kappa shape index (κ2) is 6.31. The molecule has 0 radical (unpaired) electrons. The van der Waals surface area contributed by atoms with E-state index in [1.807, 2.05) is 6.07 Å². The van der Waals surface area contributed by atoms with Crippen LogP contribution >= 0.6 is 0 Å². The van der Waals surface area contributed by atoms with Gasteiger partial charge in [0.25, 0.3) is 0 Å². The molecule has 1 aromatic carbocycles. The van der Waals surface area contributed by atoms with E-state index in [-0.39, 0.29) is 5.75 Å². The molecule has 0 saturated carbocycles. The fraction of sp³-hybridized carbons (Fsp3) is 0.462. The Kier molecular flexibility index (Phi) is 5.05. The molecular weight excluding hydrogens is 238 g/mol. The quantitative estimate of drug-likeness (QED) is 0.794. The van der Waals surface area contributed by atoms with E-state index < -0.39 is 17.2 Å². The van der Waals surface area contributed by atoms with Gasteiger partial charge in [0.1, 0.15) is 22.9 Å². The second-order valence-electron chi connectivity index (χ2n) is 4.44. The third-order valence-corrected chi connectivity index (χ3v) is 2.45. The van der Waals surface area contributed by atoms with Crippen LogP contribution in [-0.4, -0.2) is 12.1 Å². The number of hydrogen-bond acceptors (Lipinski definition) is 3. The van der Waals surface area contributed by atoms with Crippen LogP contribution in [-0.2, 0) is 0 Å². The van der Waals surface area contributed by atoms with Crippen LogP contribution in [0, 0.1) is 23.0 Å². The summed E-state index contributed by atoms with van der Waals surface area (Å²) in [6, 6.07) is 5.05. The third-order valence-electron chi connectivity index (χ3n) is 2.45. The van der Waals surface area contributed by atoms with Crippen molar-refractivity contribution in [2.45, 2.75) is 31.7 Å². The lowest BCUT2D eigenvalue weighted by Crippen LogP contribution is -2.33. The van der Waals surface area contributed by atoms with Crippen LogP contribution in [0.3, 0.4) is 0 Å². The largest absolute Gasteiger partial charge is 0.493 e. The zero-order valence-corrected chi connectivity index (χ0v) is 10.2. The molecule has 3 nitrogen and oxygen atoms in total. The van der Waals surface area contributed by atoms with Crippen molar-refractivity contribution in [3.63, 3.8) is 0 Å². The first-order valence-corrected chi connectivity index (χ1v) is 5.72. The summed E-state index contributed by atoms with van der Waals surface area (Å²) >= 11 is 0. The minimum atomic E-state index is -0.828. The van der Waals surface area contributed by atoms with Crippen molar-refractivity contribution < 1.29 is 13.5 Å². The Morgan fingerprint density at radius 3 is 2.44 bits per heavy atom. The van der Waals surface area contributed by atoms with Crippen molar-refractivity contribution in [2.24, 2.45) is 5.73 Å². The molecule has 1 unspecified atom stereocenters. The lowest BCUT2D eigenvalue weighted by Gasteiger charge is -2.14. The molecule has 18 heavy (non-hydrogen) atoms. The highest BCUT2D eigenvalue weighted by Gasteiger charge is 2.15. The van der Waals surface area contributed by atoms with Crippen molar-refractivity contribution >= 4 is 0 Å². The van der Waals surface area contributed by atoms with E-state index in [4.69, 9.17) is 15.7 Å². The van der Waals surface area contributed by atoms with Gasteiger partial charge < -0.3 is 10.5 Å². The standard InChI is InChI=1S/C13H16F2N2O/c1-13(17,9-16)4-2-3-5-18-12-7-10(14)6-11(15)8-12/h6-8H,2-5,17H2,1H3. The Labute approximate surface area is 105 Å². The maximum absolute atomic E-state index is 12.8. The van der Waals surface area contributed by atoms with Gasteiger partial charge >= 0.3 is 0 Å². The van der Waals surface area contributed by atoms with Gasteiger partial charge in [0.2, 0.25) is 0 Å². The minimum absolute atomic E-state index is 0.170. The first-order valence-electron chi connectivity index (χ1n) is 5.72. The average Bonchev–Trinajstić information content (AvgIpc) is 2.27. The molecular formula is C13H16F2N2O. The van der Waals surface area contributed by atoms with Crippen LogP contribution in [0.25, 0.3) is 0 Å². The predicted octanol–water partition coefficient (Wildman–Crippen LogP) is 2.75. The summed E-state index contributed by atoms with van der Waals surface area (Å²) in [5, 5.41) is 8.70. The molecule has 1 atom stereocenters. The van der Waals surface area contributed by atoms with Gasteiger partial charge in [-0.3, -0.25) is 0 Å². The Bertz CT molecular complexity index is 421. The lowest BCUT2D eigenvalue weighted by molar-refractivity contribution is 0.298. The molecule has 0 amide bonds. The Balaban J connectivity index is 2.28. The molecule has 0 fully saturated rings. The molecule has 5 heteroatoms. The highest BCUT2D eigenvalue weighted by Crippen LogP contribution is 2.16. The Morgan fingerprint density at radius 2 is 1.89 bits per heavy atom. The minimum Gasteiger partial charge on any atom is -0.493 e. The number of nitrogens with zero attached hydrogens (tertiary/aromatic N) is 1. The van der Waals surface area contributed by atoms with Gasteiger partial charge in [-0.2, -0.15) is 5.26 Å². The molecule has 0 heterocycles. The Hall–Kier alpha value is -1.67. The third kappa shape index (κ3) is 5.11. The van der Waals surface area contributed by atoms with Crippen LogP contribution < -0.4 is 10.5 Å². The van der Waals surface area contributed by atoms with E-state index in [0.29, 0.717) is 19.4 Å². The van der Waals surface area contributed by atoms with Crippen molar-refractivity contribution in [2.75, 3.05) is 6.61 Å². The average molecular weight is 254 g/mol. The van der Waals surface area contributed by atoms with Crippen LogP contribution in [0.4, 0.5) is 8.78 Å². The zero-order valence-electron chi connectivity index (χ0n) is 10.2. The van der Waals surface area contributed by atoms with Gasteiger partial charge in [-0.05, 0) is 26.2 Å². The first-order chi connectivity index (χ1) is 8.43. The summed E-state index contributed by atoms with van der Waals surface area (Å²) in [6.07, 6.45) is 1.95. The number of ether oxygens (including phenoxy) is 1. The summed E-state index contributed by atoms with van der Waals surface area (Å²) in [4.78, 5) is 0. The molecule has 0 bridgehead atoms. The molecule has 2 N–H and O–H groups in total. The predicted molar refractivity (Wildman–Crippen MR) is 63.9 cm³/mol. The molecule has 98 valence electrons. The number of halogens is 2. The van der Waals surface area contributed by atoms with Crippen molar-refractivity contribution in [3.05, 3.63) is 29.8 Å². The van der Waals surface area contributed by atoms with Crippen molar-refractivity contribution in [3.8, 4) is 11.8 Å². The highest BCUT2D eigenvalue weighted by atomic mass is 19.1. The van der Waals surface area contributed by atoms with Gasteiger partial charge in [-0.25, -0.2) is 8.78 Å². The van der Waals surface area contributed by atoms with Crippen molar-refractivity contribution in [1.82, 2.24) is 0 Å². The van der Waals surface area contributed by atoms with Gasteiger partial charge in [0.05, 0.1) is 12.7 Å². The molecule has 0 aliphatic rings. The highest BCUT2D eigenvalue weighted by molar-refractivity contribution is 5.23. The number of unbranched alkanes of at least 4 members (excludes halogenated alkanes) is 1. The van der Waals surface area contributed by atoms with Crippen LogP contribution in [0.15, 0.2) is 18.2 Å². The number of rotatable bonds is 6. The maximum Gasteiger partial charge on any atom is 0.129 e. The number of nitrogens with two attached hydrogens (primary N) is 1. The second-order valence-corrected chi connectivity index (χ2v) is 4.44. The van der Waals surface area contributed by atoms with Gasteiger partial charge in [0, 0.05) is 18.2 Å². The molecule has 0 aliphatic heterocycles. The number of hydrogen-bond donors (Lipinski definition) is 1. The van der Waals surface area contributed by atoms with E-state index >= 15 is 0 Å². The molecule has 0 aliphatic carbocycles. The van der Waals surface area contributed by atoms with Crippen molar-refractivity contribution in [1.29, 1.82) is 5.26 Å². The summed E-state index contributed by atoms with van der Waals surface area (Å²) < 4.78 is 30.9. The fourth-order valence-corrected chi connectivity index (χ4v) is 1.45. The lowest BCUT2D eigenvalue weighted by atomic mass is 9.98. The molecule has 1 aromatic rings. The number of benzene rings is 1. The van der Waals surface area contributed by atoms with E-state index in [2.05, 4.69) is 0 Å². The van der Waals surface area contributed by atoms with E-state index in [1.54, 1.807) is 6.92 Å². The normalized spacial score (nSPS) is 13.7. The topological polar surface area (TPSA) is 59.0 Å². The fourth-order valence-electron chi connectivity index (χ4n) is 1.45. The summed E-state index contributed by atoms with van der Waals surface area (Å²) in [6.45, 7) is 2.00. The van der Waals surface area contributed by atoms with Crippen LogP contribution in [0.5, 0.6) is 5.75 Å². The Morgan fingerprint density at radius 1 is 1.28 bits per heavy atom. The zero-order chi connectivity index (χ0) is 13.6. The monoisotopic (exact) mass is 254 g/mol. The van der Waals surface area contributed by atoms with E-state index in [0.717, 1.165) is 24.6 Å². The molecule has 1 rings (SSSR count).